The number of phenols is 2. The van der Waals surface area contributed by atoms with Gasteiger partial charge in [0.25, 0.3) is 5.91 Å². The van der Waals surface area contributed by atoms with Crippen molar-refractivity contribution in [2.24, 2.45) is 0 Å². The number of benzene rings is 1. The van der Waals surface area contributed by atoms with Gasteiger partial charge in [0.1, 0.15) is 11.5 Å². The van der Waals surface area contributed by atoms with Gasteiger partial charge in [0.15, 0.2) is 0 Å². The van der Waals surface area contributed by atoms with E-state index in [-0.39, 0.29) is 29.0 Å². The molecular weight excluding hydrogens is 232 g/mol. The van der Waals surface area contributed by atoms with Crippen LogP contribution in [0.4, 0.5) is 0 Å². The van der Waals surface area contributed by atoms with Gasteiger partial charge in [-0.25, -0.2) is 0 Å². The molecular formula is C13H18N2O3. The van der Waals surface area contributed by atoms with E-state index < -0.39 is 0 Å². The molecule has 98 valence electrons. The summed E-state index contributed by atoms with van der Waals surface area (Å²) in [6, 6.07) is 4.24. The fourth-order valence-electron chi connectivity index (χ4n) is 2.25. The van der Waals surface area contributed by atoms with E-state index in [0.717, 1.165) is 25.9 Å². The van der Waals surface area contributed by atoms with Gasteiger partial charge in [0, 0.05) is 19.2 Å². The van der Waals surface area contributed by atoms with Crippen LogP contribution in [0.1, 0.15) is 23.2 Å². The Balaban J connectivity index is 2.14. The quantitative estimate of drug-likeness (QED) is 0.730. The van der Waals surface area contributed by atoms with Crippen LogP contribution in [0.5, 0.6) is 11.5 Å². The van der Waals surface area contributed by atoms with E-state index in [4.69, 9.17) is 0 Å². The Morgan fingerprint density at radius 3 is 2.61 bits per heavy atom. The molecule has 2 rings (SSSR count). The zero-order valence-corrected chi connectivity index (χ0v) is 10.4. The third kappa shape index (κ3) is 2.56. The van der Waals surface area contributed by atoms with Crippen molar-refractivity contribution in [3.05, 3.63) is 23.8 Å². The van der Waals surface area contributed by atoms with Crippen molar-refractivity contribution < 1.29 is 15.0 Å². The molecule has 1 amide bonds. The summed E-state index contributed by atoms with van der Waals surface area (Å²) in [4.78, 5) is 13.9. The van der Waals surface area contributed by atoms with Crippen molar-refractivity contribution in [1.29, 1.82) is 0 Å². The van der Waals surface area contributed by atoms with Gasteiger partial charge in [0.2, 0.25) is 0 Å². The summed E-state index contributed by atoms with van der Waals surface area (Å²) in [6.45, 7) is 1.81. The van der Waals surface area contributed by atoms with Crippen molar-refractivity contribution in [3.63, 3.8) is 0 Å². The van der Waals surface area contributed by atoms with Crippen LogP contribution in [0.2, 0.25) is 0 Å². The van der Waals surface area contributed by atoms with E-state index in [1.165, 1.54) is 18.2 Å². The maximum atomic E-state index is 12.2. The van der Waals surface area contributed by atoms with Crippen molar-refractivity contribution in [2.75, 3.05) is 20.1 Å². The van der Waals surface area contributed by atoms with Gasteiger partial charge in [-0.2, -0.15) is 0 Å². The Morgan fingerprint density at radius 2 is 2.00 bits per heavy atom. The van der Waals surface area contributed by atoms with Crippen LogP contribution in [0.25, 0.3) is 0 Å². The Labute approximate surface area is 106 Å². The summed E-state index contributed by atoms with van der Waals surface area (Å²) in [6.07, 6.45) is 1.84. The molecule has 1 aliphatic heterocycles. The van der Waals surface area contributed by atoms with Crippen LogP contribution in [0.15, 0.2) is 18.2 Å². The van der Waals surface area contributed by atoms with E-state index in [0.29, 0.717) is 0 Å². The Bertz CT molecular complexity index is 442. The fourth-order valence-corrected chi connectivity index (χ4v) is 2.25. The van der Waals surface area contributed by atoms with Crippen LogP contribution in [-0.4, -0.2) is 47.2 Å². The zero-order valence-electron chi connectivity index (χ0n) is 10.4. The molecule has 0 aromatic heterocycles. The van der Waals surface area contributed by atoms with Gasteiger partial charge < -0.3 is 20.4 Å². The molecule has 1 heterocycles. The van der Waals surface area contributed by atoms with E-state index >= 15 is 0 Å². The number of rotatable bonds is 2. The molecule has 0 radical (unpaired) electrons. The first-order valence-corrected chi connectivity index (χ1v) is 6.09. The molecule has 1 aromatic carbocycles. The van der Waals surface area contributed by atoms with E-state index in [9.17, 15) is 15.0 Å². The van der Waals surface area contributed by atoms with Crippen LogP contribution in [0, 0.1) is 0 Å². The Hall–Kier alpha value is -1.75. The third-order valence-electron chi connectivity index (χ3n) is 3.39. The van der Waals surface area contributed by atoms with Gasteiger partial charge in [-0.3, -0.25) is 4.79 Å². The minimum atomic E-state index is -0.209. The fraction of sp³-hybridized carbons (Fsp3) is 0.462. The maximum absolute atomic E-state index is 12.2. The van der Waals surface area contributed by atoms with Crippen LogP contribution in [0.3, 0.4) is 0 Å². The number of hydrogen-bond donors (Lipinski definition) is 3. The van der Waals surface area contributed by atoms with Crippen molar-refractivity contribution >= 4 is 5.91 Å². The highest BCUT2D eigenvalue weighted by molar-refractivity contribution is 5.97. The first-order valence-electron chi connectivity index (χ1n) is 6.09. The topological polar surface area (TPSA) is 72.8 Å². The number of carbonyl (C=O) groups excluding carboxylic acids is 1. The molecule has 18 heavy (non-hydrogen) atoms. The number of carbonyl (C=O) groups is 1. The number of hydrogen-bond acceptors (Lipinski definition) is 4. The molecule has 0 bridgehead atoms. The molecule has 0 unspecified atom stereocenters. The Morgan fingerprint density at radius 1 is 1.33 bits per heavy atom. The highest BCUT2D eigenvalue weighted by Crippen LogP contribution is 2.25. The first-order chi connectivity index (χ1) is 8.59. The number of amides is 1. The predicted molar refractivity (Wildman–Crippen MR) is 67.8 cm³/mol. The average molecular weight is 250 g/mol. The monoisotopic (exact) mass is 250 g/mol. The summed E-state index contributed by atoms with van der Waals surface area (Å²) in [5.41, 5.74) is 0.230. The molecule has 1 aromatic rings. The van der Waals surface area contributed by atoms with Gasteiger partial charge in [0.05, 0.1) is 5.56 Å². The Kier molecular flexibility index (Phi) is 3.72. The second-order valence-corrected chi connectivity index (χ2v) is 4.60. The summed E-state index contributed by atoms with van der Waals surface area (Å²) in [7, 11) is 1.75. The number of aromatic hydroxyl groups is 2. The van der Waals surface area contributed by atoms with Crippen molar-refractivity contribution in [3.8, 4) is 11.5 Å². The normalized spacial score (nSPS) is 16.5. The average Bonchev–Trinajstić information content (AvgIpc) is 2.38. The smallest absolute Gasteiger partial charge is 0.257 e. The van der Waals surface area contributed by atoms with Gasteiger partial charge in [-0.15, -0.1) is 0 Å². The molecule has 1 saturated heterocycles. The third-order valence-corrected chi connectivity index (χ3v) is 3.39. The SMILES string of the molecule is CN(C(=O)c1ccc(O)cc1O)C1CCNCC1. The molecule has 1 aliphatic rings. The molecule has 0 spiro atoms. The molecule has 5 nitrogen and oxygen atoms in total. The molecule has 0 aliphatic carbocycles. The molecule has 0 saturated carbocycles. The second kappa shape index (κ2) is 5.27. The van der Waals surface area contributed by atoms with Crippen molar-refractivity contribution in [1.82, 2.24) is 10.2 Å². The lowest BCUT2D eigenvalue weighted by atomic mass is 10.0. The highest BCUT2D eigenvalue weighted by Gasteiger charge is 2.24. The number of nitrogens with one attached hydrogen (secondary N) is 1. The van der Waals surface area contributed by atoms with E-state index in [2.05, 4.69) is 5.32 Å². The highest BCUT2D eigenvalue weighted by atomic mass is 16.3. The standard InChI is InChI=1S/C13H18N2O3/c1-15(9-4-6-14-7-5-9)13(18)11-3-2-10(16)8-12(11)17/h2-3,8-9,14,16-17H,4-7H2,1H3. The van der Waals surface area contributed by atoms with E-state index in [1.54, 1.807) is 11.9 Å². The lowest BCUT2D eigenvalue weighted by Gasteiger charge is -2.31. The first kappa shape index (κ1) is 12.7. The predicted octanol–water partition coefficient (Wildman–Crippen LogP) is 0.922. The van der Waals surface area contributed by atoms with E-state index in [1.807, 2.05) is 0 Å². The lowest BCUT2D eigenvalue weighted by Crippen LogP contribution is -2.43. The molecule has 1 fully saturated rings. The minimum absolute atomic E-state index is 0.0476. The number of piperidine rings is 1. The zero-order chi connectivity index (χ0) is 13.1. The van der Waals surface area contributed by atoms with Crippen LogP contribution in [-0.2, 0) is 0 Å². The number of phenolic OH excluding ortho intramolecular Hbond substituents is 2. The summed E-state index contributed by atoms with van der Waals surface area (Å²) in [5, 5.41) is 22.1. The lowest BCUT2D eigenvalue weighted by molar-refractivity contribution is 0.0700. The summed E-state index contributed by atoms with van der Waals surface area (Å²) in [5.74, 6) is -0.436. The largest absolute Gasteiger partial charge is 0.508 e. The minimum Gasteiger partial charge on any atom is -0.508 e. The van der Waals surface area contributed by atoms with Gasteiger partial charge in [-0.1, -0.05) is 0 Å². The molecule has 0 atom stereocenters. The summed E-state index contributed by atoms with van der Waals surface area (Å²) < 4.78 is 0. The van der Waals surface area contributed by atoms with Gasteiger partial charge in [-0.05, 0) is 38.1 Å². The number of nitrogens with zero attached hydrogens (tertiary/aromatic N) is 1. The maximum Gasteiger partial charge on any atom is 0.257 e. The second-order valence-electron chi connectivity index (χ2n) is 4.60. The van der Waals surface area contributed by atoms with Crippen LogP contribution >= 0.6 is 0 Å². The molecule has 5 heteroatoms. The van der Waals surface area contributed by atoms with Crippen LogP contribution < -0.4 is 5.32 Å². The summed E-state index contributed by atoms with van der Waals surface area (Å²) >= 11 is 0. The van der Waals surface area contributed by atoms with Gasteiger partial charge >= 0.3 is 0 Å². The molecule has 3 N–H and O–H groups in total. The van der Waals surface area contributed by atoms with Crippen molar-refractivity contribution in [2.45, 2.75) is 18.9 Å².